The van der Waals surface area contributed by atoms with Crippen LogP contribution in [0.1, 0.15) is 20.7 Å². The summed E-state index contributed by atoms with van der Waals surface area (Å²) in [6, 6.07) is 19.7. The van der Waals surface area contributed by atoms with Crippen molar-refractivity contribution in [2.75, 3.05) is 17.2 Å². The zero-order chi connectivity index (χ0) is 21.5. The van der Waals surface area contributed by atoms with Crippen molar-refractivity contribution in [2.24, 2.45) is 0 Å². The van der Waals surface area contributed by atoms with Crippen LogP contribution in [0.4, 0.5) is 11.4 Å². The molecule has 152 valence electrons. The van der Waals surface area contributed by atoms with Crippen LogP contribution < -0.4 is 10.6 Å². The normalized spacial score (nSPS) is 10.2. The monoisotopic (exact) mass is 442 g/mol. The molecule has 0 aromatic heterocycles. The number of rotatable bonds is 6. The van der Waals surface area contributed by atoms with Crippen molar-refractivity contribution in [2.45, 2.75) is 0 Å². The highest BCUT2D eigenvalue weighted by atomic mass is 35.5. The predicted molar refractivity (Wildman–Crippen MR) is 116 cm³/mol. The molecule has 0 aliphatic rings. The average molecular weight is 443 g/mol. The Morgan fingerprint density at radius 3 is 2.10 bits per heavy atom. The summed E-state index contributed by atoms with van der Waals surface area (Å²) < 4.78 is 5.08. The van der Waals surface area contributed by atoms with E-state index in [0.29, 0.717) is 5.56 Å². The molecular formula is C22H16Cl2N2O4. The fourth-order valence-electron chi connectivity index (χ4n) is 2.56. The molecule has 8 heteroatoms. The molecule has 0 spiro atoms. The van der Waals surface area contributed by atoms with Gasteiger partial charge in [-0.05, 0) is 36.4 Å². The Hall–Kier alpha value is -3.35. The van der Waals surface area contributed by atoms with Gasteiger partial charge in [-0.25, -0.2) is 4.79 Å². The van der Waals surface area contributed by atoms with Crippen molar-refractivity contribution in [3.63, 3.8) is 0 Å². The summed E-state index contributed by atoms with van der Waals surface area (Å²) in [4.78, 5) is 37.0. The number of hydrogen-bond acceptors (Lipinski definition) is 4. The number of carbonyl (C=O) groups is 3. The first-order valence-electron chi connectivity index (χ1n) is 8.82. The van der Waals surface area contributed by atoms with E-state index < -0.39 is 18.5 Å². The lowest BCUT2D eigenvalue weighted by Crippen LogP contribution is -2.22. The minimum atomic E-state index is -0.764. The molecule has 2 amide bonds. The molecule has 2 N–H and O–H groups in total. The lowest BCUT2D eigenvalue weighted by molar-refractivity contribution is -0.119. The van der Waals surface area contributed by atoms with Crippen LogP contribution >= 0.6 is 23.2 Å². The van der Waals surface area contributed by atoms with E-state index >= 15 is 0 Å². The Morgan fingerprint density at radius 1 is 0.767 bits per heavy atom. The van der Waals surface area contributed by atoms with Crippen molar-refractivity contribution in [3.8, 4) is 0 Å². The number of carbonyl (C=O) groups excluding carboxylic acids is 3. The fraction of sp³-hybridized carbons (Fsp3) is 0.0455. The maximum atomic E-state index is 12.5. The minimum absolute atomic E-state index is 0.116. The molecule has 0 aliphatic carbocycles. The van der Waals surface area contributed by atoms with Crippen molar-refractivity contribution < 1.29 is 19.1 Å². The van der Waals surface area contributed by atoms with Gasteiger partial charge in [-0.15, -0.1) is 0 Å². The first-order valence-corrected chi connectivity index (χ1v) is 9.57. The topological polar surface area (TPSA) is 84.5 Å². The maximum Gasteiger partial charge on any atom is 0.340 e. The van der Waals surface area contributed by atoms with E-state index in [1.54, 1.807) is 66.7 Å². The maximum absolute atomic E-state index is 12.5. The fourth-order valence-corrected chi connectivity index (χ4v) is 3.05. The Balaban J connectivity index is 1.64. The largest absolute Gasteiger partial charge is 0.452 e. The van der Waals surface area contributed by atoms with Gasteiger partial charge in [-0.2, -0.15) is 0 Å². The molecule has 0 saturated heterocycles. The summed E-state index contributed by atoms with van der Waals surface area (Å²) >= 11 is 12.0. The predicted octanol–water partition coefficient (Wildman–Crippen LogP) is 5.04. The van der Waals surface area contributed by atoms with Gasteiger partial charge in [0.15, 0.2) is 6.61 Å². The summed E-state index contributed by atoms with van der Waals surface area (Å²) in [5.74, 6) is -1.74. The van der Waals surface area contributed by atoms with Crippen molar-refractivity contribution in [1.82, 2.24) is 0 Å². The van der Waals surface area contributed by atoms with E-state index in [-0.39, 0.29) is 32.9 Å². The van der Waals surface area contributed by atoms with Gasteiger partial charge in [0.25, 0.3) is 11.8 Å². The van der Waals surface area contributed by atoms with E-state index in [2.05, 4.69) is 10.6 Å². The smallest absolute Gasteiger partial charge is 0.340 e. The van der Waals surface area contributed by atoms with Gasteiger partial charge in [0.2, 0.25) is 0 Å². The zero-order valence-electron chi connectivity index (χ0n) is 15.5. The van der Waals surface area contributed by atoms with Gasteiger partial charge in [0.05, 0.1) is 27.0 Å². The molecule has 0 saturated carbocycles. The molecule has 0 radical (unpaired) electrons. The Labute approximate surface area is 182 Å². The molecule has 3 aromatic rings. The first-order chi connectivity index (χ1) is 14.5. The Kier molecular flexibility index (Phi) is 7.06. The van der Waals surface area contributed by atoms with Crippen molar-refractivity contribution >= 4 is 52.4 Å². The third-order valence-corrected chi connectivity index (χ3v) is 4.62. The van der Waals surface area contributed by atoms with Crippen molar-refractivity contribution in [1.29, 1.82) is 0 Å². The van der Waals surface area contributed by atoms with E-state index in [1.807, 2.05) is 0 Å². The Bertz CT molecular complexity index is 1070. The molecule has 0 unspecified atom stereocenters. The number of para-hydroxylation sites is 2. The molecule has 3 rings (SSSR count). The van der Waals surface area contributed by atoms with E-state index in [0.717, 1.165) is 0 Å². The molecule has 0 fully saturated rings. The summed E-state index contributed by atoms with van der Waals surface area (Å²) in [7, 11) is 0. The summed E-state index contributed by atoms with van der Waals surface area (Å²) in [6.07, 6.45) is 0. The molecule has 0 atom stereocenters. The van der Waals surface area contributed by atoms with Gasteiger partial charge >= 0.3 is 5.97 Å². The number of ether oxygens (including phenoxy) is 1. The summed E-state index contributed by atoms with van der Waals surface area (Å²) in [5.41, 5.74) is 1.06. The second-order valence-electron chi connectivity index (χ2n) is 6.09. The number of hydrogen-bond donors (Lipinski definition) is 2. The summed E-state index contributed by atoms with van der Waals surface area (Å²) in [5, 5.41) is 5.70. The number of amides is 2. The van der Waals surface area contributed by atoms with Crippen LogP contribution in [0.2, 0.25) is 10.0 Å². The van der Waals surface area contributed by atoms with Crippen LogP contribution in [0.15, 0.2) is 72.8 Å². The number of nitrogens with one attached hydrogen (secondary N) is 2. The first kappa shape index (κ1) is 21.4. The van der Waals surface area contributed by atoms with E-state index in [1.165, 1.54) is 6.07 Å². The van der Waals surface area contributed by atoms with Crippen LogP contribution in [0, 0.1) is 0 Å². The quantitative estimate of drug-likeness (QED) is 0.523. The lowest BCUT2D eigenvalue weighted by Gasteiger charge is -2.12. The zero-order valence-corrected chi connectivity index (χ0v) is 17.0. The molecule has 0 heterocycles. The van der Waals surface area contributed by atoms with Crippen LogP contribution in [0.5, 0.6) is 0 Å². The SMILES string of the molecule is O=C(COC(=O)c1ccccc1NC(=O)c1ccccc1)Nc1c(Cl)cccc1Cl. The molecule has 6 nitrogen and oxygen atoms in total. The summed E-state index contributed by atoms with van der Waals surface area (Å²) in [6.45, 7) is -0.554. The number of esters is 1. The van der Waals surface area contributed by atoms with Gasteiger partial charge in [0, 0.05) is 5.56 Å². The standard InChI is InChI=1S/C22H16Cl2N2O4/c23-16-10-6-11-17(24)20(16)26-19(27)13-30-22(29)15-9-4-5-12-18(15)25-21(28)14-7-2-1-3-8-14/h1-12H,13H2,(H,25,28)(H,26,27). The highest BCUT2D eigenvalue weighted by molar-refractivity contribution is 6.39. The minimum Gasteiger partial charge on any atom is -0.452 e. The van der Waals surface area contributed by atoms with E-state index in [4.69, 9.17) is 27.9 Å². The third-order valence-electron chi connectivity index (χ3n) is 3.99. The number of benzene rings is 3. The molecule has 0 bridgehead atoms. The van der Waals surface area contributed by atoms with Gasteiger partial charge in [0.1, 0.15) is 0 Å². The number of anilines is 2. The molecule has 0 aliphatic heterocycles. The highest BCUT2D eigenvalue weighted by Gasteiger charge is 2.17. The van der Waals surface area contributed by atoms with Crippen LogP contribution in [0.3, 0.4) is 0 Å². The van der Waals surface area contributed by atoms with Gasteiger partial charge < -0.3 is 15.4 Å². The van der Waals surface area contributed by atoms with Crippen LogP contribution in [-0.4, -0.2) is 24.4 Å². The van der Waals surface area contributed by atoms with Crippen LogP contribution in [-0.2, 0) is 9.53 Å². The van der Waals surface area contributed by atoms with Crippen LogP contribution in [0.25, 0.3) is 0 Å². The molecular weight excluding hydrogens is 427 g/mol. The lowest BCUT2D eigenvalue weighted by atomic mass is 10.1. The van der Waals surface area contributed by atoms with E-state index in [9.17, 15) is 14.4 Å². The van der Waals surface area contributed by atoms with Crippen molar-refractivity contribution in [3.05, 3.63) is 94.0 Å². The van der Waals surface area contributed by atoms with Gasteiger partial charge in [-0.1, -0.05) is 59.6 Å². The number of halogens is 2. The van der Waals surface area contributed by atoms with Gasteiger partial charge in [-0.3, -0.25) is 9.59 Å². The second-order valence-corrected chi connectivity index (χ2v) is 6.90. The second kappa shape index (κ2) is 9.91. The third kappa shape index (κ3) is 5.37. The highest BCUT2D eigenvalue weighted by Crippen LogP contribution is 2.29. The Morgan fingerprint density at radius 2 is 1.40 bits per heavy atom. The average Bonchev–Trinajstić information content (AvgIpc) is 2.75. The molecule has 30 heavy (non-hydrogen) atoms. The molecule has 3 aromatic carbocycles.